The molecule has 3 nitrogen and oxygen atoms in total. The van der Waals surface area contributed by atoms with Gasteiger partial charge in [0.25, 0.3) is 0 Å². The van der Waals surface area contributed by atoms with Crippen molar-refractivity contribution in [1.82, 2.24) is 0 Å². The highest BCUT2D eigenvalue weighted by Crippen LogP contribution is 2.10. The van der Waals surface area contributed by atoms with E-state index in [-0.39, 0.29) is 10.6 Å². The van der Waals surface area contributed by atoms with Gasteiger partial charge >= 0.3 is 0 Å². The van der Waals surface area contributed by atoms with Crippen molar-refractivity contribution >= 4 is 9.84 Å². The third kappa shape index (κ3) is 5.99. The molecule has 0 aliphatic rings. The van der Waals surface area contributed by atoms with Crippen LogP contribution < -0.4 is 0 Å². The topological polar surface area (TPSA) is 57.9 Å². The van der Waals surface area contributed by atoms with E-state index in [9.17, 15) is 8.42 Å². The molecule has 0 amide bonds. The lowest BCUT2D eigenvalue weighted by Gasteiger charge is -1.99. The lowest BCUT2D eigenvalue weighted by atomic mass is 10.1. The van der Waals surface area contributed by atoms with Crippen molar-refractivity contribution in [1.29, 1.82) is 5.26 Å². The van der Waals surface area contributed by atoms with E-state index >= 15 is 0 Å². The van der Waals surface area contributed by atoms with E-state index in [4.69, 9.17) is 5.26 Å². The largest absolute Gasteiger partial charge is 0.223 e. The maximum atomic E-state index is 12.2. The predicted molar refractivity (Wildman–Crippen MR) is 103 cm³/mol. The number of benzene rings is 2. The van der Waals surface area contributed by atoms with Gasteiger partial charge in [0.1, 0.15) is 5.75 Å². The molecule has 0 saturated carbocycles. The highest BCUT2D eigenvalue weighted by molar-refractivity contribution is 7.91. The Hall–Kier alpha value is -3.26. The number of rotatable bonds is 4. The van der Waals surface area contributed by atoms with Crippen LogP contribution in [0.4, 0.5) is 0 Å². The molecule has 0 heterocycles. The maximum Gasteiger partial charge on any atom is 0.189 e. The summed E-state index contributed by atoms with van der Waals surface area (Å²) in [5, 5.41) is 8.42. The molecule has 0 bridgehead atoms. The molecule has 0 aromatic heterocycles. The summed E-state index contributed by atoms with van der Waals surface area (Å²) in [5.74, 6) is 11.5. The van der Waals surface area contributed by atoms with Crippen LogP contribution in [0.5, 0.6) is 0 Å². The van der Waals surface area contributed by atoms with E-state index in [0.29, 0.717) is 18.4 Å². The van der Waals surface area contributed by atoms with Gasteiger partial charge in [0.15, 0.2) is 9.84 Å². The van der Waals surface area contributed by atoms with E-state index < -0.39 is 9.84 Å². The molecule has 26 heavy (non-hydrogen) atoms. The lowest BCUT2D eigenvalue weighted by molar-refractivity contribution is 0.599. The Morgan fingerprint density at radius 1 is 0.885 bits per heavy atom. The van der Waals surface area contributed by atoms with Crippen molar-refractivity contribution in [2.24, 2.45) is 0 Å². The van der Waals surface area contributed by atoms with Crippen molar-refractivity contribution in [3.05, 3.63) is 77.9 Å². The van der Waals surface area contributed by atoms with Gasteiger partial charge in [-0.05, 0) is 30.7 Å². The van der Waals surface area contributed by atoms with Crippen LogP contribution in [-0.4, -0.2) is 14.2 Å². The molecule has 0 saturated heterocycles. The summed E-state index contributed by atoms with van der Waals surface area (Å²) >= 11 is 0. The molecule has 128 valence electrons. The summed E-state index contributed by atoms with van der Waals surface area (Å²) in [6.45, 7) is 0. The normalized spacial score (nSPS) is 10.3. The molecule has 4 heteroatoms. The van der Waals surface area contributed by atoms with E-state index in [0.717, 1.165) is 5.56 Å². The van der Waals surface area contributed by atoms with E-state index in [1.807, 2.05) is 30.3 Å². The minimum atomic E-state index is -3.42. The third-order valence-corrected chi connectivity index (χ3v) is 4.88. The molecule has 0 spiro atoms. The molecular weight excluding hydrogens is 342 g/mol. The fourth-order valence-corrected chi connectivity index (χ4v) is 3.09. The molecule has 0 aliphatic carbocycles. The Bertz CT molecular complexity index is 1040. The average Bonchev–Trinajstić information content (AvgIpc) is 2.66. The Morgan fingerprint density at radius 3 is 2.15 bits per heavy atom. The first-order valence-electron chi connectivity index (χ1n) is 8.03. The summed E-state index contributed by atoms with van der Waals surface area (Å²) in [4.78, 5) is 0.271. The second kappa shape index (κ2) is 9.90. The predicted octanol–water partition coefficient (Wildman–Crippen LogP) is 3.72. The third-order valence-electron chi connectivity index (χ3n) is 3.37. The highest BCUT2D eigenvalue weighted by Gasteiger charge is 2.11. The first-order valence-corrected chi connectivity index (χ1v) is 9.68. The molecule has 2 aromatic rings. The molecule has 0 radical (unpaired) electrons. The summed E-state index contributed by atoms with van der Waals surface area (Å²) < 4.78 is 24.5. The van der Waals surface area contributed by atoms with Gasteiger partial charge in [0.2, 0.25) is 0 Å². The minimum Gasteiger partial charge on any atom is -0.223 e. The first-order chi connectivity index (χ1) is 12.6. The SMILES string of the molecule is N#C/C=C\CCC#Cc1ccccc1C#CCS(=O)(=O)c1ccccc1. The van der Waals surface area contributed by atoms with Crippen LogP contribution in [0, 0.1) is 35.0 Å². The Labute approximate surface area is 154 Å². The smallest absolute Gasteiger partial charge is 0.189 e. The molecular formula is C22H17NO2S. The molecule has 0 fully saturated rings. The standard InChI is InChI=1S/C22H17NO2S/c23-18-10-3-1-2-5-12-20-13-8-9-14-21(20)15-11-19-26(24,25)22-16-6-4-7-17-22/h3-4,6-10,13-14,16-17H,1-2,19H2/b10-3-. The van der Waals surface area contributed by atoms with Crippen molar-refractivity contribution in [2.75, 3.05) is 5.75 Å². The monoisotopic (exact) mass is 359 g/mol. The van der Waals surface area contributed by atoms with Crippen molar-refractivity contribution in [3.8, 4) is 29.8 Å². The molecule has 2 rings (SSSR count). The highest BCUT2D eigenvalue weighted by atomic mass is 32.2. The average molecular weight is 359 g/mol. The van der Waals surface area contributed by atoms with Gasteiger partial charge in [0.05, 0.1) is 11.0 Å². The van der Waals surface area contributed by atoms with E-state index in [1.54, 1.807) is 36.4 Å². The number of hydrogen-bond acceptors (Lipinski definition) is 3. The quantitative estimate of drug-likeness (QED) is 0.475. The zero-order valence-corrected chi connectivity index (χ0v) is 15.0. The Balaban J connectivity index is 2.10. The summed E-state index contributed by atoms with van der Waals surface area (Å²) in [6, 6.07) is 17.6. The number of hydrogen-bond donors (Lipinski definition) is 0. The fourth-order valence-electron chi connectivity index (χ4n) is 2.09. The van der Waals surface area contributed by atoms with Crippen LogP contribution in [-0.2, 0) is 9.84 Å². The molecule has 0 unspecified atom stereocenters. The minimum absolute atomic E-state index is 0.238. The zero-order chi connectivity index (χ0) is 18.7. The zero-order valence-electron chi connectivity index (χ0n) is 14.1. The molecule has 0 N–H and O–H groups in total. The van der Waals surface area contributed by atoms with E-state index in [1.165, 1.54) is 6.08 Å². The van der Waals surface area contributed by atoms with E-state index in [2.05, 4.69) is 23.7 Å². The van der Waals surface area contributed by atoms with Crippen molar-refractivity contribution in [3.63, 3.8) is 0 Å². The van der Waals surface area contributed by atoms with Crippen LogP contribution >= 0.6 is 0 Å². The number of nitrogens with zero attached hydrogens (tertiary/aromatic N) is 1. The van der Waals surface area contributed by atoms with Crippen LogP contribution in [0.3, 0.4) is 0 Å². The number of unbranched alkanes of at least 4 members (excludes halogenated alkanes) is 1. The second-order valence-corrected chi connectivity index (χ2v) is 7.28. The van der Waals surface area contributed by atoms with Crippen molar-refractivity contribution < 1.29 is 8.42 Å². The number of allylic oxidation sites excluding steroid dienone is 2. The van der Waals surface area contributed by atoms with Gasteiger partial charge in [-0.25, -0.2) is 8.42 Å². The summed E-state index contributed by atoms with van der Waals surface area (Å²) in [5.41, 5.74) is 1.47. The Morgan fingerprint density at radius 2 is 1.50 bits per heavy atom. The van der Waals surface area contributed by atoms with Gasteiger partial charge in [-0.3, -0.25) is 0 Å². The summed E-state index contributed by atoms with van der Waals surface area (Å²) in [7, 11) is -3.42. The van der Waals surface area contributed by atoms with Gasteiger partial charge in [-0.1, -0.05) is 60.1 Å². The first kappa shape index (κ1) is 19.1. The Kier molecular flexibility index (Phi) is 7.26. The fraction of sp³-hybridized carbons (Fsp3) is 0.136. The van der Waals surface area contributed by atoms with Crippen LogP contribution in [0.15, 0.2) is 71.6 Å². The van der Waals surface area contributed by atoms with Gasteiger partial charge < -0.3 is 0 Å². The van der Waals surface area contributed by atoms with Gasteiger partial charge in [0, 0.05) is 23.6 Å². The second-order valence-electron chi connectivity index (χ2n) is 5.29. The van der Waals surface area contributed by atoms with Crippen molar-refractivity contribution in [2.45, 2.75) is 17.7 Å². The number of nitriles is 1. The number of sulfone groups is 1. The molecule has 0 aliphatic heterocycles. The van der Waals surface area contributed by atoms with Gasteiger partial charge in [-0.15, -0.1) is 0 Å². The van der Waals surface area contributed by atoms with Gasteiger partial charge in [-0.2, -0.15) is 5.26 Å². The molecule has 2 aromatic carbocycles. The summed E-state index contributed by atoms with van der Waals surface area (Å²) in [6.07, 6.45) is 4.56. The van der Waals surface area contributed by atoms with Crippen LogP contribution in [0.25, 0.3) is 0 Å². The lowest BCUT2D eigenvalue weighted by Crippen LogP contribution is -2.04. The van der Waals surface area contributed by atoms with Crippen LogP contribution in [0.1, 0.15) is 24.0 Å². The van der Waals surface area contributed by atoms with Crippen LogP contribution in [0.2, 0.25) is 0 Å². The molecule has 0 atom stereocenters. The maximum absolute atomic E-state index is 12.2.